The maximum absolute atomic E-state index is 10.4. The van der Waals surface area contributed by atoms with Gasteiger partial charge in [0, 0.05) is 0 Å². The fourth-order valence-corrected chi connectivity index (χ4v) is 1.69. The molecule has 0 aliphatic carbocycles. The largest absolute Gasteiger partial charge is 0.481 e. The van der Waals surface area contributed by atoms with E-state index >= 15 is 0 Å². The molecule has 71 valence electrons. The van der Waals surface area contributed by atoms with Gasteiger partial charge < -0.3 is 5.11 Å². The predicted molar refractivity (Wildman–Crippen MR) is 48.9 cm³/mol. The number of rotatable bonds is 7. The van der Waals surface area contributed by atoms with Gasteiger partial charge in [0.25, 0.3) is 0 Å². The van der Waals surface area contributed by atoms with Crippen LogP contribution in [0.4, 0.5) is 0 Å². The normalized spacial score (nSPS) is 12.8. The zero-order valence-electron chi connectivity index (χ0n) is 7.28. The SMILES string of the molecule is CC(CCSCCC[O])C(=O)O. The Bertz CT molecular complexity index is 127. The fourth-order valence-electron chi connectivity index (χ4n) is 0.647. The van der Waals surface area contributed by atoms with Gasteiger partial charge in [-0.25, -0.2) is 5.11 Å². The lowest BCUT2D eigenvalue weighted by atomic mass is 10.1. The van der Waals surface area contributed by atoms with E-state index < -0.39 is 5.97 Å². The molecule has 0 heterocycles. The molecule has 0 aliphatic heterocycles. The molecule has 0 saturated heterocycles. The number of hydrogen-bond acceptors (Lipinski definition) is 2. The van der Waals surface area contributed by atoms with Gasteiger partial charge in [0.15, 0.2) is 0 Å². The van der Waals surface area contributed by atoms with E-state index in [0.717, 1.165) is 11.5 Å². The number of hydrogen-bond donors (Lipinski definition) is 1. The van der Waals surface area contributed by atoms with Crippen LogP contribution < -0.4 is 0 Å². The second-order valence-electron chi connectivity index (χ2n) is 2.70. The Labute approximate surface area is 77.2 Å². The fraction of sp³-hybridized carbons (Fsp3) is 0.875. The van der Waals surface area contributed by atoms with Crippen molar-refractivity contribution in [1.82, 2.24) is 0 Å². The van der Waals surface area contributed by atoms with Gasteiger partial charge >= 0.3 is 5.97 Å². The Balaban J connectivity index is 3.14. The van der Waals surface area contributed by atoms with Crippen molar-refractivity contribution in [2.75, 3.05) is 18.1 Å². The molecular formula is C8H15O3S. The average molecular weight is 191 g/mol. The molecule has 12 heavy (non-hydrogen) atoms. The van der Waals surface area contributed by atoms with E-state index in [9.17, 15) is 9.90 Å². The van der Waals surface area contributed by atoms with Gasteiger partial charge in [-0.2, -0.15) is 11.8 Å². The lowest BCUT2D eigenvalue weighted by Gasteiger charge is -2.04. The van der Waals surface area contributed by atoms with E-state index in [1.165, 1.54) is 0 Å². The van der Waals surface area contributed by atoms with Gasteiger partial charge in [0.1, 0.15) is 0 Å². The van der Waals surface area contributed by atoms with Crippen LogP contribution in [0.3, 0.4) is 0 Å². The molecule has 0 aromatic rings. The smallest absolute Gasteiger partial charge is 0.306 e. The molecule has 0 aromatic heterocycles. The number of carboxylic acid groups (broad SMARTS) is 1. The lowest BCUT2D eigenvalue weighted by molar-refractivity contribution is -0.141. The predicted octanol–water partition coefficient (Wildman–Crippen LogP) is 1.65. The number of carboxylic acids is 1. The van der Waals surface area contributed by atoms with Crippen molar-refractivity contribution in [2.24, 2.45) is 5.92 Å². The van der Waals surface area contributed by atoms with Crippen LogP contribution in [0.2, 0.25) is 0 Å². The van der Waals surface area contributed by atoms with Crippen molar-refractivity contribution in [3.63, 3.8) is 0 Å². The third-order valence-electron chi connectivity index (χ3n) is 1.55. The van der Waals surface area contributed by atoms with E-state index in [2.05, 4.69) is 0 Å². The van der Waals surface area contributed by atoms with Crippen LogP contribution >= 0.6 is 11.8 Å². The van der Waals surface area contributed by atoms with Gasteiger partial charge in [0.2, 0.25) is 0 Å². The van der Waals surface area contributed by atoms with Crippen LogP contribution in [0.1, 0.15) is 19.8 Å². The topological polar surface area (TPSA) is 57.2 Å². The molecule has 0 fully saturated rings. The molecule has 0 rings (SSSR count). The van der Waals surface area contributed by atoms with Crippen LogP contribution in [-0.2, 0) is 9.90 Å². The molecule has 3 nitrogen and oxygen atoms in total. The molecule has 1 N–H and O–H groups in total. The maximum Gasteiger partial charge on any atom is 0.306 e. The molecule has 0 amide bonds. The second-order valence-corrected chi connectivity index (χ2v) is 3.92. The molecule has 0 saturated carbocycles. The first-order valence-corrected chi connectivity index (χ1v) is 5.22. The van der Waals surface area contributed by atoms with Crippen molar-refractivity contribution in [1.29, 1.82) is 0 Å². The van der Waals surface area contributed by atoms with Crippen molar-refractivity contribution in [3.8, 4) is 0 Å². The molecule has 0 spiro atoms. The summed E-state index contributed by atoms with van der Waals surface area (Å²) in [6, 6.07) is 0. The van der Waals surface area contributed by atoms with Crippen LogP contribution in [0.25, 0.3) is 0 Å². The Morgan fingerprint density at radius 2 is 2.17 bits per heavy atom. The molecule has 1 unspecified atom stereocenters. The zero-order chi connectivity index (χ0) is 9.40. The highest BCUT2D eigenvalue weighted by Crippen LogP contribution is 2.10. The average Bonchev–Trinajstić information content (AvgIpc) is 2.03. The van der Waals surface area contributed by atoms with E-state index in [1.807, 2.05) is 0 Å². The monoisotopic (exact) mass is 191 g/mol. The Morgan fingerprint density at radius 1 is 1.50 bits per heavy atom. The molecular weight excluding hydrogens is 176 g/mol. The highest BCUT2D eigenvalue weighted by atomic mass is 32.2. The summed E-state index contributed by atoms with van der Waals surface area (Å²) in [6.45, 7) is 1.68. The van der Waals surface area contributed by atoms with E-state index in [4.69, 9.17) is 5.11 Å². The lowest BCUT2D eigenvalue weighted by Crippen LogP contribution is -2.10. The maximum atomic E-state index is 10.4. The summed E-state index contributed by atoms with van der Waals surface area (Å²) in [5.41, 5.74) is 0. The third-order valence-corrected chi connectivity index (χ3v) is 2.65. The van der Waals surface area contributed by atoms with E-state index in [-0.39, 0.29) is 12.5 Å². The summed E-state index contributed by atoms with van der Waals surface area (Å²) in [6.07, 6.45) is 1.38. The Hall–Kier alpha value is -0.220. The van der Waals surface area contributed by atoms with Gasteiger partial charge in [-0.3, -0.25) is 4.79 Å². The first-order valence-electron chi connectivity index (χ1n) is 4.07. The van der Waals surface area contributed by atoms with Gasteiger partial charge in [0.05, 0.1) is 12.5 Å². The van der Waals surface area contributed by atoms with E-state index in [1.54, 1.807) is 18.7 Å². The van der Waals surface area contributed by atoms with Crippen LogP contribution in [0.15, 0.2) is 0 Å². The highest BCUT2D eigenvalue weighted by Gasteiger charge is 2.09. The second kappa shape index (κ2) is 7.43. The minimum Gasteiger partial charge on any atom is -0.481 e. The van der Waals surface area contributed by atoms with Crippen molar-refractivity contribution in [2.45, 2.75) is 19.8 Å². The summed E-state index contributed by atoms with van der Waals surface area (Å²) in [5, 5.41) is 18.6. The van der Waals surface area contributed by atoms with Crippen molar-refractivity contribution < 1.29 is 15.0 Å². The minimum atomic E-state index is -0.737. The molecule has 1 atom stereocenters. The number of aliphatic carboxylic acids is 1. The quantitative estimate of drug-likeness (QED) is 0.622. The van der Waals surface area contributed by atoms with Gasteiger partial charge in [-0.15, -0.1) is 0 Å². The molecule has 1 radical (unpaired) electrons. The summed E-state index contributed by atoms with van der Waals surface area (Å²) < 4.78 is 0. The van der Waals surface area contributed by atoms with Crippen molar-refractivity contribution in [3.05, 3.63) is 0 Å². The summed E-state index contributed by atoms with van der Waals surface area (Å²) in [5.74, 6) is 0.702. The first kappa shape index (κ1) is 11.8. The highest BCUT2D eigenvalue weighted by molar-refractivity contribution is 7.99. The van der Waals surface area contributed by atoms with Gasteiger partial charge in [-0.1, -0.05) is 6.92 Å². The number of carbonyl (C=O) groups is 1. The summed E-state index contributed by atoms with van der Waals surface area (Å²) in [4.78, 5) is 10.4. The molecule has 0 bridgehead atoms. The third kappa shape index (κ3) is 6.49. The standard InChI is InChI=1S/C8H15O3S/c1-7(8(10)11)3-6-12-5-2-4-9/h7H,2-6H2,1H3,(H,10,11). The van der Waals surface area contributed by atoms with Crippen LogP contribution in [0, 0.1) is 5.92 Å². The minimum absolute atomic E-state index is 0.0263. The summed E-state index contributed by atoms with van der Waals surface area (Å²) in [7, 11) is 0. The molecule has 0 aliphatic rings. The van der Waals surface area contributed by atoms with Crippen LogP contribution in [-0.4, -0.2) is 29.2 Å². The molecule has 4 heteroatoms. The summed E-state index contributed by atoms with van der Waals surface area (Å²) >= 11 is 1.66. The molecule has 0 aromatic carbocycles. The van der Waals surface area contributed by atoms with Gasteiger partial charge in [-0.05, 0) is 24.3 Å². The Kier molecular flexibility index (Phi) is 7.29. The van der Waals surface area contributed by atoms with Crippen LogP contribution in [0.5, 0.6) is 0 Å². The number of thioether (sulfide) groups is 1. The van der Waals surface area contributed by atoms with E-state index in [0.29, 0.717) is 12.8 Å². The Morgan fingerprint density at radius 3 is 2.67 bits per heavy atom. The zero-order valence-corrected chi connectivity index (χ0v) is 8.10. The van der Waals surface area contributed by atoms with Crippen molar-refractivity contribution >= 4 is 17.7 Å². The first-order chi connectivity index (χ1) is 5.68.